The van der Waals surface area contributed by atoms with Gasteiger partial charge in [0.2, 0.25) is 11.8 Å². The van der Waals surface area contributed by atoms with Crippen LogP contribution in [0.25, 0.3) is 22.4 Å². The quantitative estimate of drug-likeness (QED) is 0.102. The molecule has 0 radical (unpaired) electrons. The van der Waals surface area contributed by atoms with Crippen molar-refractivity contribution in [2.24, 2.45) is 0 Å². The van der Waals surface area contributed by atoms with Crippen LogP contribution in [-0.2, 0) is 26.2 Å². The largest absolute Gasteiger partial charge is 0.483 e. The number of carboxylic acid groups (broad SMARTS) is 1. The maximum Gasteiger partial charge on any atom is 0.420 e. The number of aromatic nitrogens is 6. The van der Waals surface area contributed by atoms with Gasteiger partial charge < -0.3 is 29.6 Å². The van der Waals surface area contributed by atoms with Gasteiger partial charge in [0.25, 0.3) is 6.47 Å². The molecule has 2 atom stereocenters. The first kappa shape index (κ1) is 43.8. The molecule has 63 heavy (non-hydrogen) atoms. The first-order valence-corrected chi connectivity index (χ1v) is 20.5. The molecule has 1 unspecified atom stereocenters. The van der Waals surface area contributed by atoms with Gasteiger partial charge in [0.15, 0.2) is 11.4 Å². The van der Waals surface area contributed by atoms with E-state index in [0.29, 0.717) is 35.0 Å². The van der Waals surface area contributed by atoms with Gasteiger partial charge in [0, 0.05) is 56.2 Å². The van der Waals surface area contributed by atoms with Crippen LogP contribution in [0.15, 0.2) is 80.9 Å². The molecule has 4 aromatic heterocycles. The van der Waals surface area contributed by atoms with Crippen molar-refractivity contribution >= 4 is 52.6 Å². The molecule has 2 aliphatic rings. The molecule has 0 aliphatic carbocycles. The summed E-state index contributed by atoms with van der Waals surface area (Å²) >= 11 is 0. The fourth-order valence-electron chi connectivity index (χ4n) is 7.68. The molecule has 2 saturated heterocycles. The number of piperidine rings is 1. The molecule has 6 heterocycles. The molecule has 4 N–H and O–H groups in total. The molecule has 2 fully saturated rings. The number of rotatable bonds is 11. The van der Waals surface area contributed by atoms with Gasteiger partial charge in [-0.05, 0) is 67.6 Å². The van der Waals surface area contributed by atoms with Gasteiger partial charge in [-0.25, -0.2) is 19.7 Å². The third-order valence-corrected chi connectivity index (χ3v) is 11.0. The SMILES string of the molecule is Cc1cc(-c2cc(Nc3ccc(N4CCN(CCc5cccc6c5oc(=O)n6C5CCC(=O)NC5=O)CC4)cn3)ncn2)ccc1[C@@H](C)NC(=O)c1nc(C(C)(C)C)no1.O=CO. The Morgan fingerprint density at radius 2 is 1.79 bits per heavy atom. The van der Waals surface area contributed by atoms with Gasteiger partial charge in [-0.3, -0.25) is 34.0 Å². The zero-order valence-electron chi connectivity index (χ0n) is 35.6. The van der Waals surface area contributed by atoms with Crippen LogP contribution < -0.4 is 26.6 Å². The zero-order valence-corrected chi connectivity index (χ0v) is 35.6. The molecule has 2 aliphatic heterocycles. The van der Waals surface area contributed by atoms with E-state index < -0.39 is 23.6 Å². The molecule has 19 heteroatoms. The zero-order chi connectivity index (χ0) is 44.8. The number of oxazole rings is 1. The lowest BCUT2D eigenvalue weighted by molar-refractivity contribution is -0.135. The number of pyridine rings is 1. The smallest absolute Gasteiger partial charge is 0.420 e. The average molecular weight is 860 g/mol. The Morgan fingerprint density at radius 3 is 2.48 bits per heavy atom. The number of nitrogens with zero attached hydrogens (tertiary/aromatic N) is 8. The third-order valence-electron chi connectivity index (χ3n) is 11.0. The van der Waals surface area contributed by atoms with Gasteiger partial charge in [0.1, 0.15) is 24.0 Å². The topological polar surface area (TPSA) is 244 Å². The molecule has 19 nitrogen and oxygen atoms in total. The lowest BCUT2D eigenvalue weighted by Gasteiger charge is -2.36. The molecule has 6 aromatic rings. The number of benzene rings is 2. The van der Waals surface area contributed by atoms with Crippen molar-refractivity contribution in [2.75, 3.05) is 42.9 Å². The number of anilines is 3. The molecular weight excluding hydrogens is 811 g/mol. The van der Waals surface area contributed by atoms with Crippen molar-refractivity contribution in [3.05, 3.63) is 106 Å². The van der Waals surface area contributed by atoms with Crippen LogP contribution in [0.5, 0.6) is 0 Å². The highest BCUT2D eigenvalue weighted by Gasteiger charge is 2.32. The van der Waals surface area contributed by atoms with Crippen molar-refractivity contribution in [3.8, 4) is 11.3 Å². The van der Waals surface area contributed by atoms with E-state index in [4.69, 9.17) is 18.8 Å². The molecule has 0 saturated carbocycles. The lowest BCUT2D eigenvalue weighted by atomic mass is 9.96. The van der Waals surface area contributed by atoms with Crippen LogP contribution in [0, 0.1) is 6.92 Å². The van der Waals surface area contributed by atoms with Crippen LogP contribution in [-0.4, -0.2) is 96.6 Å². The number of imide groups is 1. The minimum atomic E-state index is -0.772. The highest BCUT2D eigenvalue weighted by molar-refractivity contribution is 6.00. The minimum absolute atomic E-state index is 0.0641. The summed E-state index contributed by atoms with van der Waals surface area (Å²) in [6, 6.07) is 16.4. The Balaban J connectivity index is 0.00000193. The van der Waals surface area contributed by atoms with Crippen molar-refractivity contribution < 1.29 is 33.2 Å². The average Bonchev–Trinajstić information content (AvgIpc) is 3.90. The summed E-state index contributed by atoms with van der Waals surface area (Å²) in [6.45, 7) is 13.7. The standard InChI is InChI=1S/C43H47N11O6.CH2O2/c1-25-21-28(9-11-30(25)26(2)47-39(57)40-50-41(51-60-40)43(3,4)5)31-22-35(46-24-45-31)48-34-13-10-29(23-44-34)53-19-17-52(18-20-53)16-15-27-7-6-8-32-37(27)59-42(58)54(32)33-12-14-36(55)49-38(33)56;2-1-3/h6-11,13,21-24,26,33H,12,14-20H2,1-5H3,(H,47,57)(H,49,55,56)(H,44,45,46,48);1H,(H,2,3)/t26-,33?;/m1./s1. The first-order chi connectivity index (χ1) is 30.2. The van der Waals surface area contributed by atoms with Crippen LogP contribution >= 0.6 is 0 Å². The Bertz CT molecular complexity index is 2680. The summed E-state index contributed by atoms with van der Waals surface area (Å²) in [4.78, 5) is 80.8. The maximum atomic E-state index is 12.9. The normalized spacial score (nSPS) is 16.2. The summed E-state index contributed by atoms with van der Waals surface area (Å²) in [5, 5.41) is 19.4. The number of nitrogens with one attached hydrogen (secondary N) is 3. The Kier molecular flexibility index (Phi) is 13.0. The second-order valence-corrected chi connectivity index (χ2v) is 16.4. The van der Waals surface area contributed by atoms with E-state index in [2.05, 4.69) is 50.8 Å². The predicted octanol–water partition coefficient (Wildman–Crippen LogP) is 4.71. The van der Waals surface area contributed by atoms with Gasteiger partial charge in [-0.2, -0.15) is 4.98 Å². The summed E-state index contributed by atoms with van der Waals surface area (Å²) < 4.78 is 12.3. The van der Waals surface area contributed by atoms with Crippen LogP contribution in [0.3, 0.4) is 0 Å². The molecule has 8 rings (SSSR count). The highest BCUT2D eigenvalue weighted by Crippen LogP contribution is 2.28. The highest BCUT2D eigenvalue weighted by atomic mass is 16.5. The predicted molar refractivity (Wildman–Crippen MR) is 232 cm³/mol. The van der Waals surface area contributed by atoms with Gasteiger partial charge in [-0.15, -0.1) is 0 Å². The number of hydrogen-bond donors (Lipinski definition) is 4. The molecule has 3 amide bonds. The molecule has 328 valence electrons. The van der Waals surface area contributed by atoms with Gasteiger partial charge >= 0.3 is 17.6 Å². The molecule has 0 bridgehead atoms. The number of para-hydroxylation sites is 1. The van der Waals surface area contributed by atoms with Crippen molar-refractivity contribution in [3.63, 3.8) is 0 Å². The van der Waals surface area contributed by atoms with Crippen LogP contribution in [0.2, 0.25) is 0 Å². The second-order valence-electron chi connectivity index (χ2n) is 16.4. The number of aryl methyl sites for hydroxylation is 1. The van der Waals surface area contributed by atoms with E-state index in [-0.39, 0.29) is 42.6 Å². The van der Waals surface area contributed by atoms with Crippen LogP contribution in [0.4, 0.5) is 17.3 Å². The summed E-state index contributed by atoms with van der Waals surface area (Å²) in [7, 11) is 0. The number of amides is 3. The van der Waals surface area contributed by atoms with E-state index in [9.17, 15) is 19.2 Å². The number of hydrogen-bond acceptors (Lipinski definition) is 15. The number of carbonyl (C=O) groups is 4. The summed E-state index contributed by atoms with van der Waals surface area (Å²) in [5.41, 5.74) is 6.22. The molecular formula is C44H49N11O8. The number of piperazine rings is 1. The fraction of sp³-hybridized carbons (Fsp3) is 0.364. The van der Waals surface area contributed by atoms with E-state index in [1.54, 1.807) is 6.07 Å². The van der Waals surface area contributed by atoms with E-state index in [1.165, 1.54) is 10.9 Å². The van der Waals surface area contributed by atoms with Crippen molar-refractivity contribution in [1.82, 2.24) is 45.2 Å². The van der Waals surface area contributed by atoms with Gasteiger partial charge in [0.05, 0.1) is 29.1 Å². The lowest BCUT2D eigenvalue weighted by Crippen LogP contribution is -2.47. The summed E-state index contributed by atoms with van der Waals surface area (Å²) in [6.07, 6.45) is 4.49. The van der Waals surface area contributed by atoms with E-state index in [0.717, 1.165) is 66.4 Å². The summed E-state index contributed by atoms with van der Waals surface area (Å²) in [5.74, 6) is -0.167. The number of fused-ring (bicyclic) bond motifs is 1. The second kappa shape index (κ2) is 18.8. The molecule has 2 aromatic carbocycles. The Hall–Kier alpha value is -7.28. The first-order valence-electron chi connectivity index (χ1n) is 20.5. The van der Waals surface area contributed by atoms with E-state index >= 15 is 0 Å². The van der Waals surface area contributed by atoms with Crippen LogP contribution in [0.1, 0.15) is 85.8 Å². The monoisotopic (exact) mass is 859 g/mol. The maximum absolute atomic E-state index is 12.9. The number of carbonyl (C=O) groups excluding carboxylic acids is 3. The van der Waals surface area contributed by atoms with E-state index in [1.807, 2.05) is 89.3 Å². The van der Waals surface area contributed by atoms with Gasteiger partial charge in [-0.1, -0.05) is 50.2 Å². The Morgan fingerprint density at radius 1 is 1.02 bits per heavy atom. The molecule has 0 spiro atoms. The van der Waals surface area contributed by atoms with Crippen molar-refractivity contribution in [1.29, 1.82) is 0 Å². The van der Waals surface area contributed by atoms with Crippen molar-refractivity contribution in [2.45, 2.75) is 71.4 Å². The third kappa shape index (κ3) is 10.1. The Labute approximate surface area is 361 Å². The minimum Gasteiger partial charge on any atom is -0.483 e. The fourth-order valence-corrected chi connectivity index (χ4v) is 7.68.